The minimum atomic E-state index is -0.122. The summed E-state index contributed by atoms with van der Waals surface area (Å²) >= 11 is 0. The van der Waals surface area contributed by atoms with Crippen LogP contribution in [0.25, 0.3) is 5.82 Å². The summed E-state index contributed by atoms with van der Waals surface area (Å²) in [5, 5.41) is 13.4. The van der Waals surface area contributed by atoms with Crippen LogP contribution in [0.2, 0.25) is 0 Å². The lowest BCUT2D eigenvalue weighted by Gasteiger charge is -2.14. The number of anilines is 1. The molecule has 136 valence electrons. The largest absolute Gasteiger partial charge is 0.348 e. The van der Waals surface area contributed by atoms with Crippen LogP contribution in [0.3, 0.4) is 0 Å². The summed E-state index contributed by atoms with van der Waals surface area (Å²) < 4.78 is 1.58. The fraction of sp³-hybridized carbons (Fsp3) is 0.211. The van der Waals surface area contributed by atoms with Crippen LogP contribution in [0, 0.1) is 0 Å². The second-order valence-corrected chi connectivity index (χ2v) is 6.30. The highest BCUT2D eigenvalue weighted by atomic mass is 16.1. The molecule has 8 nitrogen and oxygen atoms in total. The van der Waals surface area contributed by atoms with Crippen molar-refractivity contribution in [2.24, 2.45) is 5.10 Å². The predicted molar refractivity (Wildman–Crippen MR) is 102 cm³/mol. The molecule has 1 amide bonds. The van der Waals surface area contributed by atoms with Gasteiger partial charge in [0.15, 0.2) is 5.82 Å². The summed E-state index contributed by atoms with van der Waals surface area (Å²) in [4.78, 5) is 20.6. The molecule has 0 radical (unpaired) electrons. The van der Waals surface area contributed by atoms with Crippen LogP contribution >= 0.6 is 0 Å². The normalized spacial score (nSPS) is 13.5. The quantitative estimate of drug-likeness (QED) is 0.752. The number of benzene rings is 1. The minimum Gasteiger partial charge on any atom is -0.348 e. The molecule has 3 aromatic rings. The Balaban J connectivity index is 1.35. The zero-order chi connectivity index (χ0) is 18.6. The summed E-state index contributed by atoms with van der Waals surface area (Å²) in [5.74, 6) is 0.556. The van der Waals surface area contributed by atoms with Crippen molar-refractivity contribution < 1.29 is 4.79 Å². The topological polar surface area (TPSA) is 88.3 Å². The first-order valence-electron chi connectivity index (χ1n) is 8.69. The van der Waals surface area contributed by atoms with E-state index in [1.165, 1.54) is 6.33 Å². The van der Waals surface area contributed by atoms with Gasteiger partial charge in [-0.1, -0.05) is 6.07 Å². The van der Waals surface area contributed by atoms with Gasteiger partial charge in [0.25, 0.3) is 5.91 Å². The molecule has 0 unspecified atom stereocenters. The van der Waals surface area contributed by atoms with Crippen molar-refractivity contribution in [3.05, 3.63) is 66.4 Å². The maximum Gasteiger partial charge on any atom is 0.251 e. The number of amides is 1. The Morgan fingerprint density at radius 3 is 2.67 bits per heavy atom. The second-order valence-electron chi connectivity index (χ2n) is 6.30. The van der Waals surface area contributed by atoms with Gasteiger partial charge in [0, 0.05) is 37.0 Å². The molecule has 2 aromatic heterocycles. The maximum atomic E-state index is 12.4. The molecular formula is C19H19N7O. The van der Waals surface area contributed by atoms with E-state index in [0.29, 0.717) is 17.9 Å². The molecule has 1 aliphatic rings. The number of nitrogens with one attached hydrogen (secondary N) is 1. The Labute approximate surface area is 156 Å². The van der Waals surface area contributed by atoms with E-state index in [4.69, 9.17) is 0 Å². The molecule has 1 aliphatic heterocycles. The molecule has 27 heavy (non-hydrogen) atoms. The van der Waals surface area contributed by atoms with Crippen LogP contribution in [0.4, 0.5) is 5.69 Å². The van der Waals surface area contributed by atoms with Crippen molar-refractivity contribution in [2.45, 2.75) is 19.9 Å². The number of hydrazone groups is 1. The van der Waals surface area contributed by atoms with Crippen molar-refractivity contribution in [3.63, 3.8) is 0 Å². The number of aromatic nitrogens is 4. The van der Waals surface area contributed by atoms with E-state index >= 15 is 0 Å². The Bertz CT molecular complexity index is 947. The van der Waals surface area contributed by atoms with Crippen LogP contribution < -0.4 is 10.3 Å². The van der Waals surface area contributed by atoms with Gasteiger partial charge in [-0.05, 0) is 42.8 Å². The molecule has 0 atom stereocenters. The van der Waals surface area contributed by atoms with E-state index in [9.17, 15) is 4.79 Å². The SMILES string of the molecule is CC1=NN(c2ccc(C(=O)NCc3ccc(-n4cncn4)nc3)cc2)CC1. The first-order valence-corrected chi connectivity index (χ1v) is 8.69. The van der Waals surface area contributed by atoms with Gasteiger partial charge in [-0.3, -0.25) is 9.80 Å². The molecule has 4 rings (SSSR count). The van der Waals surface area contributed by atoms with Crippen LogP contribution in [-0.2, 0) is 6.54 Å². The Morgan fingerprint density at radius 2 is 2.04 bits per heavy atom. The average molecular weight is 361 g/mol. The van der Waals surface area contributed by atoms with E-state index in [2.05, 4.69) is 25.5 Å². The molecule has 0 saturated carbocycles. The molecule has 0 saturated heterocycles. The average Bonchev–Trinajstić information content (AvgIpc) is 3.39. The molecular weight excluding hydrogens is 342 g/mol. The van der Waals surface area contributed by atoms with Gasteiger partial charge in [0.2, 0.25) is 0 Å². The van der Waals surface area contributed by atoms with E-state index < -0.39 is 0 Å². The standard InChI is InChI=1S/C19H19N7O/c1-14-8-9-25(24-14)17-5-3-16(4-6-17)19(27)22-11-15-2-7-18(21-10-15)26-13-20-12-23-26/h2-7,10,12-13H,8-9,11H2,1H3,(H,22,27). The number of hydrogen-bond acceptors (Lipinski definition) is 6. The molecule has 0 bridgehead atoms. The predicted octanol–water partition coefficient (Wildman–Crippen LogP) is 2.18. The summed E-state index contributed by atoms with van der Waals surface area (Å²) in [5.41, 5.74) is 3.65. The van der Waals surface area contributed by atoms with Crippen LogP contribution in [0.5, 0.6) is 0 Å². The fourth-order valence-electron chi connectivity index (χ4n) is 2.81. The Kier molecular flexibility index (Phi) is 4.61. The van der Waals surface area contributed by atoms with Crippen molar-refractivity contribution in [3.8, 4) is 5.82 Å². The number of rotatable bonds is 5. The molecule has 3 heterocycles. The van der Waals surface area contributed by atoms with Gasteiger partial charge < -0.3 is 5.32 Å². The van der Waals surface area contributed by atoms with Crippen molar-refractivity contribution in [2.75, 3.05) is 11.6 Å². The zero-order valence-corrected chi connectivity index (χ0v) is 14.9. The minimum absolute atomic E-state index is 0.122. The highest BCUT2D eigenvalue weighted by Gasteiger charge is 2.13. The maximum absolute atomic E-state index is 12.4. The molecule has 0 spiro atoms. The number of carbonyl (C=O) groups excluding carboxylic acids is 1. The monoisotopic (exact) mass is 361 g/mol. The van der Waals surface area contributed by atoms with Gasteiger partial charge in [-0.15, -0.1) is 0 Å². The second kappa shape index (κ2) is 7.36. The molecule has 1 aromatic carbocycles. The van der Waals surface area contributed by atoms with E-state index in [-0.39, 0.29) is 5.91 Å². The van der Waals surface area contributed by atoms with E-state index in [0.717, 1.165) is 29.9 Å². The smallest absolute Gasteiger partial charge is 0.251 e. The summed E-state index contributed by atoms with van der Waals surface area (Å²) in [6.07, 6.45) is 5.74. The van der Waals surface area contributed by atoms with Crippen LogP contribution in [0.15, 0.2) is 60.4 Å². The van der Waals surface area contributed by atoms with Gasteiger partial charge in [-0.25, -0.2) is 14.6 Å². The molecule has 0 aliphatic carbocycles. The van der Waals surface area contributed by atoms with E-state index in [1.807, 2.05) is 48.3 Å². The lowest BCUT2D eigenvalue weighted by molar-refractivity contribution is 0.0951. The number of pyridine rings is 1. The number of hydrogen-bond donors (Lipinski definition) is 1. The third kappa shape index (κ3) is 3.84. The molecule has 0 fully saturated rings. The first-order chi connectivity index (χ1) is 13.2. The lowest BCUT2D eigenvalue weighted by Crippen LogP contribution is -2.23. The van der Waals surface area contributed by atoms with Crippen molar-refractivity contribution in [1.29, 1.82) is 0 Å². The van der Waals surface area contributed by atoms with Gasteiger partial charge in [0.1, 0.15) is 12.7 Å². The molecule has 1 N–H and O–H groups in total. The first kappa shape index (κ1) is 16.9. The number of carbonyl (C=O) groups is 1. The third-order valence-corrected chi connectivity index (χ3v) is 4.32. The molecule has 8 heteroatoms. The van der Waals surface area contributed by atoms with Crippen LogP contribution in [0.1, 0.15) is 29.3 Å². The number of nitrogens with zero attached hydrogens (tertiary/aromatic N) is 6. The van der Waals surface area contributed by atoms with Gasteiger partial charge in [0.05, 0.1) is 5.69 Å². The summed E-state index contributed by atoms with van der Waals surface area (Å²) in [7, 11) is 0. The van der Waals surface area contributed by atoms with Gasteiger partial charge in [-0.2, -0.15) is 10.2 Å². The third-order valence-electron chi connectivity index (χ3n) is 4.32. The Hall–Kier alpha value is -3.55. The van der Waals surface area contributed by atoms with Crippen molar-refractivity contribution in [1.82, 2.24) is 25.1 Å². The van der Waals surface area contributed by atoms with E-state index in [1.54, 1.807) is 17.2 Å². The Morgan fingerprint density at radius 1 is 1.19 bits per heavy atom. The highest BCUT2D eigenvalue weighted by Crippen LogP contribution is 2.19. The zero-order valence-electron chi connectivity index (χ0n) is 14.9. The van der Waals surface area contributed by atoms with Crippen molar-refractivity contribution >= 4 is 17.3 Å². The summed E-state index contributed by atoms with van der Waals surface area (Å²) in [6.45, 7) is 3.31. The van der Waals surface area contributed by atoms with Gasteiger partial charge >= 0.3 is 0 Å². The fourth-order valence-corrected chi connectivity index (χ4v) is 2.81. The highest BCUT2D eigenvalue weighted by molar-refractivity contribution is 5.94. The lowest BCUT2D eigenvalue weighted by atomic mass is 10.2. The van der Waals surface area contributed by atoms with Crippen LogP contribution in [-0.4, -0.2) is 37.9 Å². The summed E-state index contributed by atoms with van der Waals surface area (Å²) in [6, 6.07) is 11.2.